The molecule has 2 N–H and O–H groups in total. The van der Waals surface area contributed by atoms with Gasteiger partial charge in [0.2, 0.25) is 0 Å². The van der Waals surface area contributed by atoms with Crippen molar-refractivity contribution in [3.05, 3.63) is 92.8 Å². The third-order valence-corrected chi connectivity index (χ3v) is 6.28. The molecule has 0 aromatic heterocycles. The maximum Gasteiger partial charge on any atom is 0.264 e. The minimum Gasteiger partial charge on any atom is -0.484 e. The van der Waals surface area contributed by atoms with Gasteiger partial charge >= 0.3 is 0 Å². The zero-order valence-electron chi connectivity index (χ0n) is 18.0. The van der Waals surface area contributed by atoms with E-state index in [-0.39, 0.29) is 18.4 Å². The van der Waals surface area contributed by atoms with E-state index in [1.807, 2.05) is 25.1 Å². The van der Waals surface area contributed by atoms with E-state index in [0.29, 0.717) is 37.2 Å². The van der Waals surface area contributed by atoms with Crippen LogP contribution in [0.25, 0.3) is 6.08 Å². The molecule has 172 valence electrons. The first-order valence-electron chi connectivity index (χ1n) is 10.2. The molecule has 0 bridgehead atoms. The molecule has 34 heavy (non-hydrogen) atoms. The molecule has 0 atom stereocenters. The largest absolute Gasteiger partial charge is 0.484 e. The van der Waals surface area contributed by atoms with Crippen LogP contribution < -0.4 is 15.4 Å². The highest BCUT2D eigenvalue weighted by molar-refractivity contribution is 8.18. The lowest BCUT2D eigenvalue weighted by Crippen LogP contribution is -2.20. The molecule has 0 saturated carbocycles. The number of hydrogen-bond donors (Lipinski definition) is 2. The van der Waals surface area contributed by atoms with Crippen LogP contribution in [0.15, 0.2) is 76.6 Å². The van der Waals surface area contributed by atoms with Gasteiger partial charge in [0, 0.05) is 15.7 Å². The Morgan fingerprint density at radius 2 is 1.82 bits per heavy atom. The van der Waals surface area contributed by atoms with E-state index in [4.69, 9.17) is 27.9 Å². The number of nitrogens with one attached hydrogen (secondary N) is 2. The molecular formula is C25H19Cl2N3O3S. The normalized spacial score (nSPS) is 15.4. The maximum absolute atomic E-state index is 12.3. The molecule has 1 fully saturated rings. The first-order chi connectivity index (χ1) is 16.4. The summed E-state index contributed by atoms with van der Waals surface area (Å²) < 4.78 is 5.55. The number of ether oxygens (including phenoxy) is 1. The molecular weight excluding hydrogens is 493 g/mol. The van der Waals surface area contributed by atoms with Gasteiger partial charge in [0.25, 0.3) is 11.8 Å². The molecule has 6 nitrogen and oxygen atoms in total. The average Bonchev–Trinajstić information content (AvgIpc) is 3.16. The van der Waals surface area contributed by atoms with Crippen LogP contribution in [-0.2, 0) is 9.59 Å². The second-order valence-corrected chi connectivity index (χ2v) is 9.20. The number of amides is 2. The Morgan fingerprint density at radius 3 is 2.53 bits per heavy atom. The summed E-state index contributed by atoms with van der Waals surface area (Å²) in [5.41, 5.74) is 3.06. The SMILES string of the molecule is Cc1ccc(NC(=O)COc2ccc(/C=C3\SC(=Nc4ccc(Cl)cc4)NC3=O)cc2)cc1Cl. The Kier molecular flexibility index (Phi) is 7.57. The summed E-state index contributed by atoms with van der Waals surface area (Å²) in [5.74, 6) is 0.0244. The lowest BCUT2D eigenvalue weighted by Gasteiger charge is -2.09. The number of aryl methyl sites for hydroxylation is 1. The number of carbonyl (C=O) groups is 2. The number of thioether (sulfide) groups is 1. The summed E-state index contributed by atoms with van der Waals surface area (Å²) in [6, 6.07) is 19.4. The Balaban J connectivity index is 1.33. The van der Waals surface area contributed by atoms with E-state index in [0.717, 1.165) is 11.1 Å². The highest BCUT2D eigenvalue weighted by atomic mass is 35.5. The first kappa shape index (κ1) is 23.9. The molecule has 4 rings (SSSR count). The van der Waals surface area contributed by atoms with Crippen molar-refractivity contribution in [2.24, 2.45) is 4.99 Å². The zero-order valence-corrected chi connectivity index (χ0v) is 20.3. The molecule has 3 aromatic carbocycles. The number of carbonyl (C=O) groups excluding carboxylic acids is 2. The Labute approximate surface area is 211 Å². The van der Waals surface area contributed by atoms with Gasteiger partial charge in [-0.25, -0.2) is 4.99 Å². The van der Waals surface area contributed by atoms with E-state index in [9.17, 15) is 9.59 Å². The van der Waals surface area contributed by atoms with Gasteiger partial charge in [0.1, 0.15) is 5.75 Å². The molecule has 0 aliphatic carbocycles. The van der Waals surface area contributed by atoms with E-state index in [1.165, 1.54) is 11.8 Å². The lowest BCUT2D eigenvalue weighted by atomic mass is 10.2. The van der Waals surface area contributed by atoms with Gasteiger partial charge in [0.05, 0.1) is 10.6 Å². The predicted octanol–water partition coefficient (Wildman–Crippen LogP) is 6.21. The number of benzene rings is 3. The van der Waals surface area contributed by atoms with Gasteiger partial charge in [-0.15, -0.1) is 0 Å². The number of nitrogens with zero attached hydrogens (tertiary/aromatic N) is 1. The van der Waals surface area contributed by atoms with E-state index >= 15 is 0 Å². The summed E-state index contributed by atoms with van der Waals surface area (Å²) in [7, 11) is 0. The van der Waals surface area contributed by atoms with Gasteiger partial charge in [-0.3, -0.25) is 9.59 Å². The topological polar surface area (TPSA) is 79.8 Å². The summed E-state index contributed by atoms with van der Waals surface area (Å²) in [4.78, 5) is 29.4. The van der Waals surface area contributed by atoms with Gasteiger partial charge in [-0.05, 0) is 84.4 Å². The number of amidine groups is 1. The molecule has 9 heteroatoms. The molecule has 0 spiro atoms. The fraction of sp³-hybridized carbons (Fsp3) is 0.0800. The van der Waals surface area contributed by atoms with Crippen LogP contribution in [0.4, 0.5) is 11.4 Å². The van der Waals surface area contributed by atoms with Crippen molar-refractivity contribution in [3.8, 4) is 5.75 Å². The quantitative estimate of drug-likeness (QED) is 0.385. The van der Waals surface area contributed by atoms with Crippen LogP contribution in [0.3, 0.4) is 0 Å². The summed E-state index contributed by atoms with van der Waals surface area (Å²) in [5, 5.41) is 7.20. The van der Waals surface area contributed by atoms with Gasteiger partial charge in [-0.1, -0.05) is 41.4 Å². The van der Waals surface area contributed by atoms with Gasteiger partial charge < -0.3 is 15.4 Å². The summed E-state index contributed by atoms with van der Waals surface area (Å²) >= 11 is 13.2. The molecule has 3 aromatic rings. The molecule has 1 heterocycles. The molecule has 2 amide bonds. The Hall–Kier alpha value is -3.26. The Bertz CT molecular complexity index is 1290. The molecule has 1 saturated heterocycles. The monoisotopic (exact) mass is 511 g/mol. The van der Waals surface area contributed by atoms with Gasteiger partial charge in [-0.2, -0.15) is 0 Å². The highest BCUT2D eigenvalue weighted by Gasteiger charge is 2.23. The van der Waals surface area contributed by atoms with Crippen molar-refractivity contribution in [1.29, 1.82) is 0 Å². The van der Waals surface area contributed by atoms with Crippen molar-refractivity contribution in [1.82, 2.24) is 5.32 Å². The number of hydrogen-bond acceptors (Lipinski definition) is 5. The van der Waals surface area contributed by atoms with Crippen molar-refractivity contribution in [3.63, 3.8) is 0 Å². The molecule has 1 aliphatic rings. The minimum absolute atomic E-state index is 0.144. The zero-order chi connectivity index (χ0) is 24.1. The number of aliphatic imine (C=N–C) groups is 1. The van der Waals surface area contributed by atoms with Crippen molar-refractivity contribution >= 4 is 69.4 Å². The maximum atomic E-state index is 12.3. The van der Waals surface area contributed by atoms with Crippen LogP contribution in [0.2, 0.25) is 10.0 Å². The fourth-order valence-corrected chi connectivity index (χ4v) is 4.09. The van der Waals surface area contributed by atoms with Crippen LogP contribution in [-0.4, -0.2) is 23.6 Å². The van der Waals surface area contributed by atoms with E-state index in [1.54, 1.807) is 54.6 Å². The third kappa shape index (κ3) is 6.41. The number of anilines is 1. The van der Waals surface area contributed by atoms with Crippen LogP contribution in [0.1, 0.15) is 11.1 Å². The minimum atomic E-state index is -0.294. The lowest BCUT2D eigenvalue weighted by molar-refractivity contribution is -0.118. The van der Waals surface area contributed by atoms with Crippen LogP contribution in [0.5, 0.6) is 5.75 Å². The third-order valence-electron chi connectivity index (χ3n) is 4.71. The van der Waals surface area contributed by atoms with Crippen molar-refractivity contribution in [2.45, 2.75) is 6.92 Å². The van der Waals surface area contributed by atoms with Gasteiger partial charge in [0.15, 0.2) is 11.8 Å². The molecule has 0 radical (unpaired) electrons. The first-order valence-corrected chi connectivity index (χ1v) is 11.8. The summed E-state index contributed by atoms with van der Waals surface area (Å²) in [6.07, 6.45) is 1.77. The van der Waals surface area contributed by atoms with Crippen molar-refractivity contribution < 1.29 is 14.3 Å². The number of rotatable bonds is 6. The van der Waals surface area contributed by atoms with Crippen molar-refractivity contribution in [2.75, 3.05) is 11.9 Å². The molecule has 1 aliphatic heterocycles. The smallest absolute Gasteiger partial charge is 0.264 e. The second kappa shape index (κ2) is 10.8. The number of halogens is 2. The average molecular weight is 512 g/mol. The highest BCUT2D eigenvalue weighted by Crippen LogP contribution is 2.29. The second-order valence-electron chi connectivity index (χ2n) is 7.33. The Morgan fingerprint density at radius 1 is 1.09 bits per heavy atom. The fourth-order valence-electron chi connectivity index (χ4n) is 2.94. The predicted molar refractivity (Wildman–Crippen MR) is 139 cm³/mol. The summed E-state index contributed by atoms with van der Waals surface area (Å²) in [6.45, 7) is 1.75. The van der Waals surface area contributed by atoms with E-state index < -0.39 is 0 Å². The standard InChI is InChI=1S/C25H19Cl2N3O3S/c1-15-2-7-19(13-21(15)27)28-23(31)14-33-20-10-3-16(4-11-20)12-22-24(32)30-25(34-22)29-18-8-5-17(26)6-9-18/h2-13H,14H2,1H3,(H,28,31)(H,29,30,32)/b22-12-. The van der Waals surface area contributed by atoms with Crippen LogP contribution in [0, 0.1) is 6.92 Å². The van der Waals surface area contributed by atoms with Crippen LogP contribution >= 0.6 is 35.0 Å². The van der Waals surface area contributed by atoms with E-state index in [2.05, 4.69) is 15.6 Å². The molecule has 0 unspecified atom stereocenters.